The maximum atomic E-state index is 5.54. The Bertz CT molecular complexity index is 275. The van der Waals surface area contributed by atoms with Gasteiger partial charge in [-0.2, -0.15) is 0 Å². The first-order chi connectivity index (χ1) is 8.90. The Balaban J connectivity index is 3.94. The molecule has 3 heteroatoms. The zero-order chi connectivity index (χ0) is 14.7. The van der Waals surface area contributed by atoms with E-state index in [0.717, 1.165) is 0 Å². The van der Waals surface area contributed by atoms with Crippen molar-refractivity contribution in [2.24, 2.45) is 0 Å². The quantitative estimate of drug-likeness (QED) is 0.166. The first-order valence-electron chi connectivity index (χ1n) is 7.60. The van der Waals surface area contributed by atoms with Crippen LogP contribution >= 0.6 is 22.6 Å². The van der Waals surface area contributed by atoms with Crippen LogP contribution in [0.25, 0.3) is 0 Å². The molecule has 0 radical (unpaired) electrons. The fourth-order valence-electron chi connectivity index (χ4n) is 1.86. The van der Waals surface area contributed by atoms with Crippen LogP contribution in [-0.4, -0.2) is 25.2 Å². The van der Waals surface area contributed by atoms with E-state index < -0.39 is 8.07 Å². The third kappa shape index (κ3) is 12.0. The van der Waals surface area contributed by atoms with Crippen LogP contribution < -0.4 is 0 Å². The molecule has 0 aliphatic carbocycles. The Kier molecular flexibility index (Phi) is 11.4. The number of unbranched alkanes of at least 4 members (excludes halogenated alkanes) is 5. The second-order valence-electron chi connectivity index (χ2n) is 6.25. The van der Waals surface area contributed by atoms with Crippen LogP contribution in [0.3, 0.4) is 0 Å². The standard InChI is InChI=1S/C16H31IOSi/c1-6-7-8-9-10-11-12-15(17)16(18-2)13-14-19(3,4)5/h15-16H,6-12H2,1-5H3/t15-,16+/m0/s1. The molecule has 0 N–H and O–H groups in total. The number of hydrogen-bond acceptors (Lipinski definition) is 1. The van der Waals surface area contributed by atoms with E-state index >= 15 is 0 Å². The molecule has 1 nitrogen and oxygen atoms in total. The van der Waals surface area contributed by atoms with E-state index in [1.165, 1.54) is 44.9 Å². The summed E-state index contributed by atoms with van der Waals surface area (Å²) in [6.45, 7) is 9.11. The van der Waals surface area contributed by atoms with Gasteiger partial charge in [0, 0.05) is 11.0 Å². The maximum absolute atomic E-state index is 5.54. The maximum Gasteiger partial charge on any atom is 0.129 e. The molecule has 112 valence electrons. The molecule has 0 aliphatic heterocycles. The first-order valence-corrected chi connectivity index (χ1v) is 12.3. The highest BCUT2D eigenvalue weighted by molar-refractivity contribution is 14.1. The van der Waals surface area contributed by atoms with E-state index in [1.807, 2.05) is 0 Å². The topological polar surface area (TPSA) is 9.23 Å². The molecule has 0 amide bonds. The molecule has 0 saturated carbocycles. The molecule has 0 unspecified atom stereocenters. The normalized spacial score (nSPS) is 14.6. The lowest BCUT2D eigenvalue weighted by Gasteiger charge is -2.17. The highest BCUT2D eigenvalue weighted by atomic mass is 127. The number of hydrogen-bond donors (Lipinski definition) is 0. The zero-order valence-corrected chi connectivity index (χ0v) is 16.5. The summed E-state index contributed by atoms with van der Waals surface area (Å²) in [7, 11) is 0.508. The van der Waals surface area contributed by atoms with E-state index in [-0.39, 0.29) is 6.10 Å². The van der Waals surface area contributed by atoms with Gasteiger partial charge in [0.05, 0.1) is 0 Å². The van der Waals surface area contributed by atoms with Crippen LogP contribution in [0.2, 0.25) is 19.6 Å². The summed E-state index contributed by atoms with van der Waals surface area (Å²) in [6.07, 6.45) is 9.50. The molecule has 0 rings (SSSR count). The first kappa shape index (κ1) is 19.5. The molecule has 0 spiro atoms. The summed E-state index contributed by atoms with van der Waals surface area (Å²) in [4.78, 5) is 0. The molecular weight excluding hydrogens is 363 g/mol. The van der Waals surface area contributed by atoms with Gasteiger partial charge in [0.25, 0.3) is 0 Å². The molecule has 0 aromatic heterocycles. The lowest BCUT2D eigenvalue weighted by atomic mass is 10.1. The number of ether oxygens (including phenoxy) is 1. The fourth-order valence-corrected chi connectivity index (χ4v) is 3.34. The minimum absolute atomic E-state index is 0.114. The third-order valence-corrected chi connectivity index (χ3v) is 5.18. The Morgan fingerprint density at radius 2 is 1.63 bits per heavy atom. The number of halogens is 1. The molecule has 0 aliphatic rings. The van der Waals surface area contributed by atoms with Crippen LogP contribution in [0, 0.1) is 11.5 Å². The van der Waals surface area contributed by atoms with Crippen molar-refractivity contribution in [1.29, 1.82) is 0 Å². The van der Waals surface area contributed by atoms with Crippen molar-refractivity contribution in [1.82, 2.24) is 0 Å². The molecule has 0 fully saturated rings. The summed E-state index contributed by atoms with van der Waals surface area (Å²) >= 11 is 2.51. The largest absolute Gasteiger partial charge is 0.368 e. The Morgan fingerprint density at radius 3 is 2.16 bits per heavy atom. The van der Waals surface area contributed by atoms with Crippen LogP contribution in [0.4, 0.5) is 0 Å². The molecule has 19 heavy (non-hydrogen) atoms. The second-order valence-corrected chi connectivity index (χ2v) is 12.6. The summed E-state index contributed by atoms with van der Waals surface area (Å²) in [5.41, 5.74) is 3.43. The molecular formula is C16H31IOSi. The van der Waals surface area contributed by atoms with E-state index in [1.54, 1.807) is 7.11 Å². The van der Waals surface area contributed by atoms with Gasteiger partial charge in [-0.15, -0.1) is 5.54 Å². The van der Waals surface area contributed by atoms with Crippen molar-refractivity contribution in [3.8, 4) is 11.5 Å². The molecule has 0 aromatic rings. The zero-order valence-electron chi connectivity index (χ0n) is 13.4. The second kappa shape index (κ2) is 11.2. The Hall–Kier alpha value is 0.467. The van der Waals surface area contributed by atoms with E-state index in [0.29, 0.717) is 3.92 Å². The van der Waals surface area contributed by atoms with Crippen LogP contribution in [0.5, 0.6) is 0 Å². The van der Waals surface area contributed by atoms with Crippen LogP contribution in [0.15, 0.2) is 0 Å². The van der Waals surface area contributed by atoms with Crippen LogP contribution in [0.1, 0.15) is 51.9 Å². The van der Waals surface area contributed by atoms with E-state index in [9.17, 15) is 0 Å². The monoisotopic (exact) mass is 394 g/mol. The van der Waals surface area contributed by atoms with Crippen LogP contribution in [-0.2, 0) is 4.74 Å². The average Bonchev–Trinajstić information content (AvgIpc) is 2.33. The van der Waals surface area contributed by atoms with Crippen molar-refractivity contribution in [3.63, 3.8) is 0 Å². The van der Waals surface area contributed by atoms with Gasteiger partial charge >= 0.3 is 0 Å². The third-order valence-electron chi connectivity index (χ3n) is 3.01. The lowest BCUT2D eigenvalue weighted by molar-refractivity contribution is 0.147. The van der Waals surface area contributed by atoms with Crippen molar-refractivity contribution < 1.29 is 4.74 Å². The molecule has 0 bridgehead atoms. The minimum atomic E-state index is -1.28. The van der Waals surface area contributed by atoms with Gasteiger partial charge in [-0.05, 0) is 6.42 Å². The van der Waals surface area contributed by atoms with Gasteiger partial charge in [-0.25, -0.2) is 0 Å². The van der Waals surface area contributed by atoms with Gasteiger partial charge in [0.15, 0.2) is 0 Å². The number of rotatable bonds is 9. The highest BCUT2D eigenvalue weighted by Crippen LogP contribution is 2.18. The molecule has 0 saturated heterocycles. The van der Waals surface area contributed by atoms with Crippen molar-refractivity contribution >= 4 is 30.7 Å². The lowest BCUT2D eigenvalue weighted by Crippen LogP contribution is -2.24. The van der Waals surface area contributed by atoms with Gasteiger partial charge < -0.3 is 4.74 Å². The van der Waals surface area contributed by atoms with E-state index in [4.69, 9.17) is 4.74 Å². The van der Waals surface area contributed by atoms with Gasteiger partial charge in [0.1, 0.15) is 14.2 Å². The van der Waals surface area contributed by atoms with Gasteiger partial charge in [-0.3, -0.25) is 0 Å². The average molecular weight is 394 g/mol. The van der Waals surface area contributed by atoms with E-state index in [2.05, 4.69) is 60.6 Å². The highest BCUT2D eigenvalue weighted by Gasteiger charge is 2.16. The summed E-state index contributed by atoms with van der Waals surface area (Å²) in [6, 6.07) is 0. The number of methoxy groups -OCH3 is 1. The fraction of sp³-hybridized carbons (Fsp3) is 0.875. The summed E-state index contributed by atoms with van der Waals surface area (Å²) in [5, 5.41) is 0. The van der Waals surface area contributed by atoms with Crippen molar-refractivity contribution in [3.05, 3.63) is 0 Å². The SMILES string of the molecule is CCCCCCCC[C@H](I)[C@@H](C#C[Si](C)(C)C)OC. The van der Waals surface area contributed by atoms with Gasteiger partial charge in [0.2, 0.25) is 0 Å². The molecule has 0 aromatic carbocycles. The predicted molar refractivity (Wildman–Crippen MR) is 97.7 cm³/mol. The summed E-state index contributed by atoms with van der Waals surface area (Å²) < 4.78 is 6.07. The smallest absolute Gasteiger partial charge is 0.129 e. The predicted octanol–water partition coefficient (Wildman–Crippen LogP) is 5.44. The van der Waals surface area contributed by atoms with Crippen molar-refractivity contribution in [2.45, 2.75) is 81.5 Å². The van der Waals surface area contributed by atoms with Crippen molar-refractivity contribution in [2.75, 3.05) is 7.11 Å². The minimum Gasteiger partial charge on any atom is -0.368 e. The Morgan fingerprint density at radius 1 is 1.05 bits per heavy atom. The summed E-state index contributed by atoms with van der Waals surface area (Å²) in [5.74, 6) is 3.35. The molecule has 0 heterocycles. The van der Waals surface area contributed by atoms with Gasteiger partial charge in [-0.1, -0.05) is 93.6 Å². The molecule has 2 atom stereocenters. The Labute approximate surface area is 135 Å². The number of alkyl halides is 1.